The molecule has 0 unspecified atom stereocenters. The Balaban J connectivity index is 1.56. The SMILES string of the molecule is CCOC(=O)[C@@H](N)CSC12CC3CC(CC(C3)C1)C2. The fourth-order valence-corrected chi connectivity index (χ4v) is 6.52. The van der Waals surface area contributed by atoms with Crippen LogP contribution in [0.15, 0.2) is 0 Å². The zero-order valence-corrected chi connectivity index (χ0v) is 12.6. The molecule has 0 amide bonds. The first kappa shape index (κ1) is 13.7. The molecule has 4 bridgehead atoms. The summed E-state index contributed by atoms with van der Waals surface area (Å²) in [6, 6.07) is -0.446. The van der Waals surface area contributed by atoms with E-state index in [2.05, 4.69) is 0 Å². The van der Waals surface area contributed by atoms with Crippen molar-refractivity contribution in [2.45, 2.75) is 56.2 Å². The molecule has 0 aromatic rings. The molecule has 0 heterocycles. The van der Waals surface area contributed by atoms with Gasteiger partial charge in [-0.2, -0.15) is 11.8 Å². The molecule has 0 radical (unpaired) electrons. The van der Waals surface area contributed by atoms with Crippen LogP contribution in [0.2, 0.25) is 0 Å². The Morgan fingerprint density at radius 2 is 1.79 bits per heavy atom. The van der Waals surface area contributed by atoms with E-state index in [-0.39, 0.29) is 5.97 Å². The first-order chi connectivity index (χ1) is 9.10. The largest absolute Gasteiger partial charge is 0.465 e. The molecule has 2 N–H and O–H groups in total. The molecule has 108 valence electrons. The summed E-state index contributed by atoms with van der Waals surface area (Å²) in [5, 5.41) is 0. The Kier molecular flexibility index (Phi) is 3.82. The maximum atomic E-state index is 11.6. The van der Waals surface area contributed by atoms with E-state index in [0.29, 0.717) is 11.4 Å². The van der Waals surface area contributed by atoms with Crippen LogP contribution < -0.4 is 5.73 Å². The molecule has 4 fully saturated rings. The number of rotatable bonds is 5. The van der Waals surface area contributed by atoms with Crippen molar-refractivity contribution in [1.29, 1.82) is 0 Å². The van der Waals surface area contributed by atoms with E-state index in [1.807, 2.05) is 18.7 Å². The Morgan fingerprint density at radius 3 is 2.26 bits per heavy atom. The number of esters is 1. The average molecular weight is 283 g/mol. The molecule has 4 aliphatic rings. The van der Waals surface area contributed by atoms with Gasteiger partial charge in [0.1, 0.15) is 6.04 Å². The molecule has 1 atom stereocenters. The fourth-order valence-electron chi connectivity index (χ4n) is 4.79. The van der Waals surface area contributed by atoms with Crippen LogP contribution in [0, 0.1) is 17.8 Å². The van der Waals surface area contributed by atoms with Crippen LogP contribution in [0.4, 0.5) is 0 Å². The second-order valence-corrected chi connectivity index (χ2v) is 8.26. The van der Waals surface area contributed by atoms with Gasteiger partial charge in [-0.05, 0) is 63.2 Å². The topological polar surface area (TPSA) is 52.3 Å². The Hall–Kier alpha value is -0.220. The maximum absolute atomic E-state index is 11.6. The molecule has 0 spiro atoms. The molecular formula is C15H25NO2S. The smallest absolute Gasteiger partial charge is 0.323 e. The van der Waals surface area contributed by atoms with E-state index < -0.39 is 6.04 Å². The summed E-state index contributed by atoms with van der Waals surface area (Å²) in [5.41, 5.74) is 5.94. The lowest BCUT2D eigenvalue weighted by Gasteiger charge is -2.56. The van der Waals surface area contributed by atoms with Crippen molar-refractivity contribution in [3.63, 3.8) is 0 Å². The van der Waals surface area contributed by atoms with Gasteiger partial charge in [0.15, 0.2) is 0 Å². The minimum absolute atomic E-state index is 0.236. The van der Waals surface area contributed by atoms with E-state index in [4.69, 9.17) is 10.5 Å². The fraction of sp³-hybridized carbons (Fsp3) is 0.933. The average Bonchev–Trinajstić information content (AvgIpc) is 2.34. The molecule has 4 heteroatoms. The number of nitrogens with two attached hydrogens (primary N) is 1. The predicted octanol–water partition coefficient (Wildman–Crippen LogP) is 2.58. The molecule has 0 aromatic carbocycles. The summed E-state index contributed by atoms with van der Waals surface area (Å²) in [6.07, 6.45) is 8.47. The Morgan fingerprint density at radius 1 is 1.26 bits per heavy atom. The molecule has 0 aliphatic heterocycles. The molecule has 0 aromatic heterocycles. The second-order valence-electron chi connectivity index (χ2n) is 6.77. The van der Waals surface area contributed by atoms with Gasteiger partial charge in [0, 0.05) is 10.5 Å². The van der Waals surface area contributed by atoms with Gasteiger partial charge in [-0.3, -0.25) is 4.79 Å². The molecule has 3 nitrogen and oxygen atoms in total. The van der Waals surface area contributed by atoms with Crippen LogP contribution in [0.3, 0.4) is 0 Å². The summed E-state index contributed by atoms with van der Waals surface area (Å²) in [5.74, 6) is 3.36. The van der Waals surface area contributed by atoms with E-state index >= 15 is 0 Å². The Labute approximate surface area is 120 Å². The molecule has 4 aliphatic carbocycles. The maximum Gasteiger partial charge on any atom is 0.323 e. The minimum atomic E-state index is -0.446. The first-order valence-electron chi connectivity index (χ1n) is 7.66. The van der Waals surface area contributed by atoms with Crippen molar-refractivity contribution in [2.75, 3.05) is 12.4 Å². The van der Waals surface area contributed by atoms with Crippen molar-refractivity contribution >= 4 is 17.7 Å². The molecule has 19 heavy (non-hydrogen) atoms. The third-order valence-electron chi connectivity index (χ3n) is 5.14. The Bertz CT molecular complexity index is 323. The number of carbonyl (C=O) groups excluding carboxylic acids is 1. The standard InChI is InChI=1S/C15H25NO2S/c1-2-18-14(17)13(16)9-19-15-6-10-3-11(7-15)5-12(4-10)8-15/h10-13H,2-9,16H2,1H3/t10?,11?,12?,13-,15?/m0/s1. The molecule has 0 saturated heterocycles. The predicted molar refractivity (Wildman–Crippen MR) is 78.0 cm³/mol. The lowest BCUT2D eigenvalue weighted by molar-refractivity contribution is -0.144. The quantitative estimate of drug-likeness (QED) is 0.788. The third kappa shape index (κ3) is 2.80. The van der Waals surface area contributed by atoms with Crippen LogP contribution in [0.1, 0.15) is 45.4 Å². The lowest BCUT2D eigenvalue weighted by atomic mass is 9.56. The zero-order valence-electron chi connectivity index (χ0n) is 11.8. The van der Waals surface area contributed by atoms with Gasteiger partial charge in [-0.25, -0.2) is 0 Å². The highest BCUT2D eigenvalue weighted by Gasteiger charge is 2.51. The third-order valence-corrected chi connectivity index (χ3v) is 6.78. The molecule has 4 rings (SSSR count). The van der Waals surface area contributed by atoms with E-state index in [9.17, 15) is 4.79 Å². The summed E-state index contributed by atoms with van der Waals surface area (Å²) >= 11 is 1.97. The van der Waals surface area contributed by atoms with Gasteiger partial charge in [-0.15, -0.1) is 0 Å². The zero-order chi connectivity index (χ0) is 13.5. The lowest BCUT2D eigenvalue weighted by Crippen LogP contribution is -2.49. The summed E-state index contributed by atoms with van der Waals surface area (Å²) in [6.45, 7) is 2.26. The highest BCUT2D eigenvalue weighted by atomic mass is 32.2. The van der Waals surface area contributed by atoms with Crippen molar-refractivity contribution in [3.8, 4) is 0 Å². The monoisotopic (exact) mass is 283 g/mol. The molecular weight excluding hydrogens is 258 g/mol. The van der Waals surface area contributed by atoms with Gasteiger partial charge < -0.3 is 10.5 Å². The minimum Gasteiger partial charge on any atom is -0.465 e. The van der Waals surface area contributed by atoms with Gasteiger partial charge in [0.2, 0.25) is 0 Å². The van der Waals surface area contributed by atoms with Crippen LogP contribution in [-0.4, -0.2) is 29.1 Å². The van der Waals surface area contributed by atoms with Gasteiger partial charge in [0.05, 0.1) is 6.61 Å². The second kappa shape index (κ2) is 5.28. The first-order valence-corrected chi connectivity index (χ1v) is 8.65. The van der Waals surface area contributed by atoms with E-state index in [0.717, 1.165) is 23.5 Å². The summed E-state index contributed by atoms with van der Waals surface area (Å²) in [4.78, 5) is 11.6. The van der Waals surface area contributed by atoms with Crippen molar-refractivity contribution in [2.24, 2.45) is 23.5 Å². The highest BCUT2D eigenvalue weighted by Crippen LogP contribution is 2.60. The normalized spacial score (nSPS) is 41.3. The summed E-state index contributed by atoms with van der Waals surface area (Å²) in [7, 11) is 0. The molecule has 4 saturated carbocycles. The van der Waals surface area contributed by atoms with E-state index in [1.165, 1.54) is 38.5 Å². The number of carbonyl (C=O) groups is 1. The van der Waals surface area contributed by atoms with Crippen molar-refractivity contribution in [3.05, 3.63) is 0 Å². The van der Waals surface area contributed by atoms with Gasteiger partial charge in [-0.1, -0.05) is 0 Å². The number of hydrogen-bond acceptors (Lipinski definition) is 4. The van der Waals surface area contributed by atoms with Crippen LogP contribution in [-0.2, 0) is 9.53 Å². The van der Waals surface area contributed by atoms with Crippen molar-refractivity contribution in [1.82, 2.24) is 0 Å². The number of thioether (sulfide) groups is 1. The summed E-state index contributed by atoms with van der Waals surface area (Å²) < 4.78 is 5.44. The number of ether oxygens (including phenoxy) is 1. The van der Waals surface area contributed by atoms with Crippen molar-refractivity contribution < 1.29 is 9.53 Å². The van der Waals surface area contributed by atoms with Crippen LogP contribution in [0.25, 0.3) is 0 Å². The van der Waals surface area contributed by atoms with Gasteiger partial charge >= 0.3 is 5.97 Å². The van der Waals surface area contributed by atoms with Gasteiger partial charge in [0.25, 0.3) is 0 Å². The van der Waals surface area contributed by atoms with Crippen LogP contribution in [0.5, 0.6) is 0 Å². The number of hydrogen-bond donors (Lipinski definition) is 1. The van der Waals surface area contributed by atoms with Crippen LogP contribution >= 0.6 is 11.8 Å². The van der Waals surface area contributed by atoms with E-state index in [1.54, 1.807) is 0 Å². The highest BCUT2D eigenvalue weighted by molar-refractivity contribution is 8.00.